The van der Waals surface area contributed by atoms with Crippen LogP contribution in [0.25, 0.3) is 0 Å². The Bertz CT molecular complexity index is 333. The number of likely N-dealkylation sites (tertiary alicyclic amines) is 1. The number of hydrogen-bond donors (Lipinski definition) is 0. The summed E-state index contributed by atoms with van der Waals surface area (Å²) in [4.78, 5) is 6.98. The normalized spacial score (nSPS) is 22.5. The number of nitrogens with zero attached hydrogens (tertiary/aromatic N) is 2. The molecular formula is C13H20N2. The molecular weight excluding hydrogens is 184 g/mol. The van der Waals surface area contributed by atoms with Crippen molar-refractivity contribution in [2.75, 3.05) is 6.54 Å². The predicted octanol–water partition coefficient (Wildman–Crippen LogP) is 2.94. The first kappa shape index (κ1) is 10.6. The maximum Gasteiger partial charge on any atom is 0.0420 e. The van der Waals surface area contributed by atoms with Gasteiger partial charge in [-0.15, -0.1) is 0 Å². The number of hydrogen-bond acceptors (Lipinski definition) is 2. The van der Waals surface area contributed by atoms with Crippen molar-refractivity contribution in [3.05, 3.63) is 29.6 Å². The molecule has 1 aliphatic heterocycles. The van der Waals surface area contributed by atoms with Crippen LogP contribution >= 0.6 is 0 Å². The summed E-state index contributed by atoms with van der Waals surface area (Å²) in [7, 11) is 0. The Morgan fingerprint density at radius 3 is 2.93 bits per heavy atom. The van der Waals surface area contributed by atoms with Crippen molar-refractivity contribution in [2.45, 2.75) is 45.7 Å². The zero-order valence-corrected chi connectivity index (χ0v) is 9.90. The molecule has 15 heavy (non-hydrogen) atoms. The Morgan fingerprint density at radius 2 is 2.27 bits per heavy atom. The first-order chi connectivity index (χ1) is 7.20. The monoisotopic (exact) mass is 204 g/mol. The summed E-state index contributed by atoms with van der Waals surface area (Å²) in [6.45, 7) is 7.91. The second-order valence-electron chi connectivity index (χ2n) is 4.67. The van der Waals surface area contributed by atoms with Crippen molar-refractivity contribution in [3.63, 3.8) is 0 Å². The van der Waals surface area contributed by atoms with Crippen molar-refractivity contribution < 1.29 is 0 Å². The van der Waals surface area contributed by atoms with E-state index < -0.39 is 0 Å². The van der Waals surface area contributed by atoms with Crippen molar-refractivity contribution >= 4 is 0 Å². The lowest BCUT2D eigenvalue weighted by Crippen LogP contribution is -2.30. The molecule has 2 nitrogen and oxygen atoms in total. The Labute approximate surface area is 92.3 Å². The number of aryl methyl sites for hydroxylation is 1. The molecule has 0 saturated carbocycles. The van der Waals surface area contributed by atoms with Crippen LogP contribution in [0, 0.1) is 6.92 Å². The number of rotatable bonds is 2. The summed E-state index contributed by atoms with van der Waals surface area (Å²) in [6, 6.07) is 5.52. The van der Waals surface area contributed by atoms with E-state index in [1.165, 1.54) is 30.6 Å². The van der Waals surface area contributed by atoms with E-state index in [9.17, 15) is 0 Å². The van der Waals surface area contributed by atoms with Gasteiger partial charge in [0, 0.05) is 24.0 Å². The Morgan fingerprint density at radius 1 is 1.47 bits per heavy atom. The SMILES string of the molecule is Cc1ncccc1C1CCCN1C(C)C. The largest absolute Gasteiger partial charge is 0.294 e. The zero-order chi connectivity index (χ0) is 10.8. The van der Waals surface area contributed by atoms with Crippen LogP contribution in [0.1, 0.15) is 44.0 Å². The van der Waals surface area contributed by atoms with Gasteiger partial charge >= 0.3 is 0 Å². The maximum absolute atomic E-state index is 4.39. The summed E-state index contributed by atoms with van der Waals surface area (Å²) in [5, 5.41) is 0. The average molecular weight is 204 g/mol. The van der Waals surface area contributed by atoms with Gasteiger partial charge in [0.1, 0.15) is 0 Å². The highest BCUT2D eigenvalue weighted by atomic mass is 15.2. The van der Waals surface area contributed by atoms with Gasteiger partial charge < -0.3 is 0 Å². The predicted molar refractivity (Wildman–Crippen MR) is 62.8 cm³/mol. The molecule has 2 rings (SSSR count). The Balaban J connectivity index is 2.27. The van der Waals surface area contributed by atoms with Gasteiger partial charge in [0.25, 0.3) is 0 Å². The number of pyridine rings is 1. The molecule has 2 heteroatoms. The Kier molecular flexibility index (Phi) is 3.06. The second-order valence-corrected chi connectivity index (χ2v) is 4.67. The van der Waals surface area contributed by atoms with E-state index in [0.717, 1.165) is 0 Å². The first-order valence-corrected chi connectivity index (χ1v) is 5.87. The van der Waals surface area contributed by atoms with Gasteiger partial charge in [0.2, 0.25) is 0 Å². The van der Waals surface area contributed by atoms with Gasteiger partial charge in [-0.1, -0.05) is 6.07 Å². The average Bonchev–Trinajstić information content (AvgIpc) is 2.67. The van der Waals surface area contributed by atoms with E-state index in [2.05, 4.69) is 42.8 Å². The van der Waals surface area contributed by atoms with Crippen LogP contribution in [0.15, 0.2) is 18.3 Å². The third-order valence-corrected chi connectivity index (χ3v) is 3.36. The molecule has 0 aromatic carbocycles. The minimum absolute atomic E-state index is 0.596. The smallest absolute Gasteiger partial charge is 0.0420 e. The lowest BCUT2D eigenvalue weighted by atomic mass is 10.0. The molecule has 0 radical (unpaired) electrons. The van der Waals surface area contributed by atoms with Crippen LogP contribution in [0.3, 0.4) is 0 Å². The van der Waals surface area contributed by atoms with Gasteiger partial charge in [-0.05, 0) is 51.8 Å². The maximum atomic E-state index is 4.39. The summed E-state index contributed by atoms with van der Waals surface area (Å²) < 4.78 is 0. The highest BCUT2D eigenvalue weighted by molar-refractivity contribution is 5.23. The lowest BCUT2D eigenvalue weighted by Gasteiger charge is -2.29. The number of aromatic nitrogens is 1. The molecule has 0 N–H and O–H groups in total. The highest BCUT2D eigenvalue weighted by Gasteiger charge is 2.28. The fourth-order valence-corrected chi connectivity index (χ4v) is 2.59. The van der Waals surface area contributed by atoms with Crippen molar-refractivity contribution in [2.24, 2.45) is 0 Å². The summed E-state index contributed by atoms with van der Waals surface area (Å²) in [5.74, 6) is 0. The van der Waals surface area contributed by atoms with Gasteiger partial charge in [-0.2, -0.15) is 0 Å². The van der Waals surface area contributed by atoms with E-state index >= 15 is 0 Å². The van der Waals surface area contributed by atoms with Crippen molar-refractivity contribution in [1.29, 1.82) is 0 Å². The lowest BCUT2D eigenvalue weighted by molar-refractivity contribution is 0.204. The summed E-state index contributed by atoms with van der Waals surface area (Å²) in [6.07, 6.45) is 4.48. The van der Waals surface area contributed by atoms with Crippen LogP contribution in [0.5, 0.6) is 0 Å². The van der Waals surface area contributed by atoms with Gasteiger partial charge in [0.15, 0.2) is 0 Å². The quantitative estimate of drug-likeness (QED) is 0.736. The molecule has 0 spiro atoms. The second kappa shape index (κ2) is 4.31. The molecule has 1 aliphatic rings. The van der Waals surface area contributed by atoms with Crippen molar-refractivity contribution in [3.8, 4) is 0 Å². The van der Waals surface area contributed by atoms with Crippen molar-refractivity contribution in [1.82, 2.24) is 9.88 Å². The summed E-state index contributed by atoms with van der Waals surface area (Å²) >= 11 is 0. The van der Waals surface area contributed by atoms with Crippen LogP contribution in [-0.4, -0.2) is 22.5 Å². The third kappa shape index (κ3) is 2.05. The molecule has 1 atom stereocenters. The topological polar surface area (TPSA) is 16.1 Å². The fourth-order valence-electron chi connectivity index (χ4n) is 2.59. The highest BCUT2D eigenvalue weighted by Crippen LogP contribution is 2.34. The van der Waals surface area contributed by atoms with Crippen LogP contribution in [0.2, 0.25) is 0 Å². The van der Waals surface area contributed by atoms with Crippen LogP contribution in [0.4, 0.5) is 0 Å². The van der Waals surface area contributed by atoms with Crippen LogP contribution < -0.4 is 0 Å². The summed E-state index contributed by atoms with van der Waals surface area (Å²) in [5.41, 5.74) is 2.61. The van der Waals surface area contributed by atoms with Gasteiger partial charge in [-0.3, -0.25) is 9.88 Å². The van der Waals surface area contributed by atoms with Gasteiger partial charge in [0.05, 0.1) is 0 Å². The third-order valence-electron chi connectivity index (χ3n) is 3.36. The molecule has 0 amide bonds. The molecule has 0 aliphatic carbocycles. The van der Waals surface area contributed by atoms with Crippen LogP contribution in [-0.2, 0) is 0 Å². The molecule has 2 heterocycles. The Hall–Kier alpha value is -0.890. The fraction of sp³-hybridized carbons (Fsp3) is 0.615. The molecule has 0 bridgehead atoms. The standard InChI is InChI=1S/C13H20N2/c1-10(2)15-9-5-7-13(15)12-6-4-8-14-11(12)3/h4,6,8,10,13H,5,7,9H2,1-3H3. The van der Waals surface area contributed by atoms with E-state index in [1.807, 2.05) is 6.20 Å². The molecule has 1 aromatic rings. The zero-order valence-electron chi connectivity index (χ0n) is 9.90. The molecule has 1 fully saturated rings. The molecule has 82 valence electrons. The van der Waals surface area contributed by atoms with Gasteiger partial charge in [-0.25, -0.2) is 0 Å². The van der Waals surface area contributed by atoms with E-state index in [1.54, 1.807) is 0 Å². The molecule has 1 aromatic heterocycles. The van der Waals surface area contributed by atoms with E-state index in [0.29, 0.717) is 12.1 Å². The molecule has 1 saturated heterocycles. The first-order valence-electron chi connectivity index (χ1n) is 5.87. The van der Waals surface area contributed by atoms with E-state index in [-0.39, 0.29) is 0 Å². The minimum atomic E-state index is 0.596. The van der Waals surface area contributed by atoms with E-state index in [4.69, 9.17) is 0 Å². The minimum Gasteiger partial charge on any atom is -0.294 e. The molecule has 1 unspecified atom stereocenters.